The molecule has 1 heterocycles. The normalized spacial score (nSPS) is 10.6. The number of esters is 1. The van der Waals surface area contributed by atoms with Gasteiger partial charge in [0.1, 0.15) is 5.01 Å². The minimum atomic E-state index is -0.676. The fourth-order valence-corrected chi connectivity index (χ4v) is 3.08. The van der Waals surface area contributed by atoms with Gasteiger partial charge in [0.05, 0.1) is 12.1 Å². The number of ether oxygens (including phenoxy) is 1. The molecule has 0 fully saturated rings. The first kappa shape index (κ1) is 21.6. The lowest BCUT2D eigenvalue weighted by atomic mass is 10.1. The number of carbonyl (C=O) groups is 3. The first-order valence-corrected chi connectivity index (χ1v) is 10.0. The van der Waals surface area contributed by atoms with Crippen LogP contribution in [0.4, 0.5) is 4.79 Å². The van der Waals surface area contributed by atoms with Crippen molar-refractivity contribution in [1.29, 1.82) is 0 Å². The molecule has 0 bridgehead atoms. The van der Waals surface area contributed by atoms with Gasteiger partial charge < -0.3 is 10.1 Å². The Morgan fingerprint density at radius 2 is 1.89 bits per heavy atom. The number of nitrogens with one attached hydrogen (secondary N) is 2. The molecule has 150 valence electrons. The highest BCUT2D eigenvalue weighted by molar-refractivity contribution is 7.13. The molecule has 2 N–H and O–H groups in total. The SMILES string of the molecule is CCc1ccc(-c2nc(CC(=O)OCC(=O)NC(=O)NCC(C)C)cs2)cc1. The molecule has 2 aromatic rings. The Balaban J connectivity index is 1.78. The summed E-state index contributed by atoms with van der Waals surface area (Å²) < 4.78 is 4.91. The second-order valence-corrected chi connectivity index (χ2v) is 7.54. The van der Waals surface area contributed by atoms with Crippen LogP contribution < -0.4 is 10.6 Å². The molecule has 3 amide bonds. The Labute approximate surface area is 168 Å². The second-order valence-electron chi connectivity index (χ2n) is 6.68. The number of amides is 3. The molecule has 0 unspecified atom stereocenters. The lowest BCUT2D eigenvalue weighted by Crippen LogP contribution is -2.42. The summed E-state index contributed by atoms with van der Waals surface area (Å²) in [5.74, 6) is -0.980. The van der Waals surface area contributed by atoms with Gasteiger partial charge in [-0.2, -0.15) is 0 Å². The fraction of sp³-hybridized carbons (Fsp3) is 0.400. The number of hydrogen-bond acceptors (Lipinski definition) is 6. The van der Waals surface area contributed by atoms with Gasteiger partial charge in [-0.25, -0.2) is 9.78 Å². The van der Waals surface area contributed by atoms with Crippen molar-refractivity contribution in [3.05, 3.63) is 40.9 Å². The molecule has 8 heteroatoms. The Morgan fingerprint density at radius 3 is 2.54 bits per heavy atom. The number of imide groups is 1. The number of carbonyl (C=O) groups excluding carboxylic acids is 3. The summed E-state index contributed by atoms with van der Waals surface area (Å²) in [5, 5.41) is 7.28. The molecule has 0 aliphatic heterocycles. The van der Waals surface area contributed by atoms with Gasteiger partial charge in [-0.3, -0.25) is 14.9 Å². The van der Waals surface area contributed by atoms with Crippen molar-refractivity contribution in [2.75, 3.05) is 13.2 Å². The van der Waals surface area contributed by atoms with Gasteiger partial charge in [0, 0.05) is 17.5 Å². The smallest absolute Gasteiger partial charge is 0.321 e. The highest BCUT2D eigenvalue weighted by Gasteiger charge is 2.13. The monoisotopic (exact) mass is 403 g/mol. The highest BCUT2D eigenvalue weighted by atomic mass is 32.1. The van der Waals surface area contributed by atoms with Gasteiger partial charge in [-0.05, 0) is 17.9 Å². The molecule has 0 saturated heterocycles. The number of aryl methyl sites for hydroxylation is 1. The Bertz CT molecular complexity index is 815. The van der Waals surface area contributed by atoms with Gasteiger partial charge in [-0.1, -0.05) is 45.0 Å². The van der Waals surface area contributed by atoms with Crippen molar-refractivity contribution in [3.63, 3.8) is 0 Å². The maximum Gasteiger partial charge on any atom is 0.321 e. The predicted molar refractivity (Wildman–Crippen MR) is 108 cm³/mol. The van der Waals surface area contributed by atoms with E-state index in [1.807, 2.05) is 26.0 Å². The molecule has 0 aliphatic rings. The average Bonchev–Trinajstić information content (AvgIpc) is 3.13. The van der Waals surface area contributed by atoms with Gasteiger partial charge in [0.2, 0.25) is 0 Å². The Hall–Kier alpha value is -2.74. The van der Waals surface area contributed by atoms with Crippen LogP contribution >= 0.6 is 11.3 Å². The first-order valence-electron chi connectivity index (χ1n) is 9.14. The molecule has 1 aromatic heterocycles. The molecule has 0 saturated carbocycles. The molecular formula is C20H25N3O4S. The van der Waals surface area contributed by atoms with Crippen LogP contribution in [0.3, 0.4) is 0 Å². The third-order valence-corrected chi connectivity index (χ3v) is 4.71. The van der Waals surface area contributed by atoms with Crippen LogP contribution in [0, 0.1) is 5.92 Å². The lowest BCUT2D eigenvalue weighted by Gasteiger charge is -2.08. The molecule has 0 aliphatic carbocycles. The summed E-state index contributed by atoms with van der Waals surface area (Å²) in [4.78, 5) is 39.5. The van der Waals surface area contributed by atoms with E-state index in [0.717, 1.165) is 17.0 Å². The minimum absolute atomic E-state index is 0.0314. The number of nitrogens with zero attached hydrogens (tertiary/aromatic N) is 1. The van der Waals surface area contributed by atoms with E-state index in [1.165, 1.54) is 16.9 Å². The van der Waals surface area contributed by atoms with E-state index in [0.29, 0.717) is 12.2 Å². The summed E-state index contributed by atoms with van der Waals surface area (Å²) >= 11 is 1.45. The van der Waals surface area contributed by atoms with Crippen molar-refractivity contribution in [2.24, 2.45) is 5.92 Å². The van der Waals surface area contributed by atoms with E-state index in [1.54, 1.807) is 5.38 Å². The molecule has 28 heavy (non-hydrogen) atoms. The maximum absolute atomic E-state index is 11.9. The summed E-state index contributed by atoms with van der Waals surface area (Å²) in [7, 11) is 0. The van der Waals surface area contributed by atoms with Gasteiger partial charge in [0.15, 0.2) is 6.61 Å². The molecule has 0 atom stereocenters. The summed E-state index contributed by atoms with van der Waals surface area (Å²) in [6.45, 7) is 5.91. The molecule has 1 aromatic carbocycles. The second kappa shape index (κ2) is 10.6. The average molecular weight is 404 g/mol. The van der Waals surface area contributed by atoms with E-state index < -0.39 is 24.5 Å². The minimum Gasteiger partial charge on any atom is -0.455 e. The van der Waals surface area contributed by atoms with E-state index in [-0.39, 0.29) is 12.3 Å². The topological polar surface area (TPSA) is 97.4 Å². The van der Waals surface area contributed by atoms with Crippen molar-refractivity contribution in [1.82, 2.24) is 15.6 Å². The van der Waals surface area contributed by atoms with Crippen LogP contribution in [0.2, 0.25) is 0 Å². The van der Waals surface area contributed by atoms with Crippen molar-refractivity contribution >= 4 is 29.2 Å². The maximum atomic E-state index is 11.9. The standard InChI is InChI=1S/C20H25N3O4S/c1-4-14-5-7-15(8-6-14)19-22-16(12-28-19)9-18(25)27-11-17(24)23-20(26)21-10-13(2)3/h5-8,12-13H,4,9-11H2,1-3H3,(H2,21,23,24,26). The molecule has 0 spiro atoms. The van der Waals surface area contributed by atoms with Crippen molar-refractivity contribution in [3.8, 4) is 10.6 Å². The zero-order chi connectivity index (χ0) is 20.5. The van der Waals surface area contributed by atoms with E-state index in [9.17, 15) is 14.4 Å². The lowest BCUT2D eigenvalue weighted by molar-refractivity contribution is -0.147. The van der Waals surface area contributed by atoms with Crippen LogP contribution in [0.1, 0.15) is 32.0 Å². The molecule has 0 radical (unpaired) electrons. The largest absolute Gasteiger partial charge is 0.455 e. The van der Waals surface area contributed by atoms with Gasteiger partial charge in [-0.15, -0.1) is 11.3 Å². The Morgan fingerprint density at radius 1 is 1.18 bits per heavy atom. The van der Waals surface area contributed by atoms with E-state index in [2.05, 4.69) is 34.7 Å². The van der Waals surface area contributed by atoms with E-state index >= 15 is 0 Å². The summed E-state index contributed by atoms with van der Waals surface area (Å²) in [5.41, 5.74) is 2.83. The number of benzene rings is 1. The van der Waals surface area contributed by atoms with Crippen LogP contribution in [-0.2, 0) is 27.2 Å². The Kier molecular flexibility index (Phi) is 8.13. The number of aromatic nitrogens is 1. The third-order valence-electron chi connectivity index (χ3n) is 3.77. The predicted octanol–water partition coefficient (Wildman–Crippen LogP) is 2.94. The molecule has 2 rings (SSSR count). The van der Waals surface area contributed by atoms with Crippen molar-refractivity contribution in [2.45, 2.75) is 33.6 Å². The van der Waals surface area contributed by atoms with Crippen LogP contribution in [0.5, 0.6) is 0 Å². The van der Waals surface area contributed by atoms with Crippen molar-refractivity contribution < 1.29 is 19.1 Å². The number of thiazole rings is 1. The van der Waals surface area contributed by atoms with E-state index in [4.69, 9.17) is 4.74 Å². The van der Waals surface area contributed by atoms with Crippen LogP contribution in [0.15, 0.2) is 29.6 Å². The number of rotatable bonds is 8. The van der Waals surface area contributed by atoms with Crippen LogP contribution in [0.25, 0.3) is 10.6 Å². The fourth-order valence-electron chi connectivity index (χ4n) is 2.25. The quantitative estimate of drug-likeness (QED) is 0.661. The van der Waals surface area contributed by atoms with Gasteiger partial charge in [0.25, 0.3) is 5.91 Å². The van der Waals surface area contributed by atoms with Crippen LogP contribution in [-0.4, -0.2) is 36.0 Å². The van der Waals surface area contributed by atoms with Gasteiger partial charge >= 0.3 is 12.0 Å². The number of urea groups is 1. The summed E-state index contributed by atoms with van der Waals surface area (Å²) in [6.07, 6.45) is 0.943. The highest BCUT2D eigenvalue weighted by Crippen LogP contribution is 2.24. The molecule has 7 nitrogen and oxygen atoms in total. The molecular weight excluding hydrogens is 378 g/mol. The zero-order valence-electron chi connectivity index (χ0n) is 16.3. The third kappa shape index (κ3) is 7.11. The number of hydrogen-bond donors (Lipinski definition) is 2. The first-order chi connectivity index (χ1) is 13.4. The zero-order valence-corrected chi connectivity index (χ0v) is 17.1. The summed E-state index contributed by atoms with van der Waals surface area (Å²) in [6, 6.07) is 7.53.